The molecule has 0 saturated heterocycles. The number of benzene rings is 3. The van der Waals surface area contributed by atoms with Crippen LogP contribution in [0.3, 0.4) is 0 Å². The summed E-state index contributed by atoms with van der Waals surface area (Å²) in [6.45, 7) is 3.83. The number of hydrogen-bond acceptors (Lipinski definition) is 1. The Balaban J connectivity index is 1.37. The molecule has 198 valence electrons. The second kappa shape index (κ2) is 12.1. The average molecular weight is 517 g/mol. The highest BCUT2D eigenvalue weighted by Crippen LogP contribution is 2.40. The minimum Gasteiger partial charge on any atom is -0.490 e. The zero-order valence-electron chi connectivity index (χ0n) is 21.4. The molecule has 3 aromatic carbocycles. The average Bonchev–Trinajstić information content (AvgIpc) is 2.90. The van der Waals surface area contributed by atoms with Crippen LogP contribution in [-0.4, -0.2) is 6.61 Å². The molecule has 0 N–H and O–H groups in total. The predicted octanol–water partition coefficient (Wildman–Crippen LogP) is 9.44. The van der Waals surface area contributed by atoms with E-state index in [1.807, 2.05) is 6.92 Å². The molecule has 1 nitrogen and oxygen atoms in total. The predicted molar refractivity (Wildman–Crippen MR) is 136 cm³/mol. The summed E-state index contributed by atoms with van der Waals surface area (Å²) in [7, 11) is 0. The smallest absolute Gasteiger partial charge is 0.201 e. The van der Waals surface area contributed by atoms with Crippen molar-refractivity contribution >= 4 is 0 Å². The molecule has 0 unspecified atom stereocenters. The Kier molecular flexibility index (Phi) is 8.88. The van der Waals surface area contributed by atoms with Gasteiger partial charge in [0.2, 0.25) is 5.82 Å². The Morgan fingerprint density at radius 3 is 2.27 bits per heavy atom. The molecule has 37 heavy (non-hydrogen) atoms. The molecule has 6 heteroatoms. The number of ether oxygens (including phenoxy) is 1. The molecule has 0 amide bonds. The fourth-order valence-corrected chi connectivity index (χ4v) is 5.22. The summed E-state index contributed by atoms with van der Waals surface area (Å²) in [6.07, 6.45) is 6.19. The van der Waals surface area contributed by atoms with Gasteiger partial charge in [-0.25, -0.2) is 17.6 Å². The first kappa shape index (κ1) is 27.2. The molecule has 1 aliphatic rings. The fourth-order valence-electron chi connectivity index (χ4n) is 5.22. The largest absolute Gasteiger partial charge is 0.490 e. The highest BCUT2D eigenvalue weighted by Gasteiger charge is 2.25. The second-order valence-electron chi connectivity index (χ2n) is 10.1. The van der Waals surface area contributed by atoms with Crippen LogP contribution in [0.25, 0.3) is 11.1 Å². The molecule has 3 aromatic rings. The van der Waals surface area contributed by atoms with Crippen molar-refractivity contribution in [1.29, 1.82) is 0 Å². The van der Waals surface area contributed by atoms with Gasteiger partial charge in [-0.2, -0.15) is 4.39 Å². The van der Waals surface area contributed by atoms with E-state index in [0.717, 1.165) is 44.9 Å². The lowest BCUT2D eigenvalue weighted by molar-refractivity contribution is 0.289. The van der Waals surface area contributed by atoms with E-state index in [1.54, 1.807) is 31.2 Å². The van der Waals surface area contributed by atoms with Gasteiger partial charge in [-0.1, -0.05) is 37.6 Å². The van der Waals surface area contributed by atoms with E-state index in [9.17, 15) is 17.6 Å². The van der Waals surface area contributed by atoms with Crippen LogP contribution in [0.5, 0.6) is 5.75 Å². The lowest BCUT2D eigenvalue weighted by atomic mass is 9.76. The molecular weight excluding hydrogens is 483 g/mol. The summed E-state index contributed by atoms with van der Waals surface area (Å²) in [4.78, 5) is 0. The Bertz CT molecular complexity index is 1230. The van der Waals surface area contributed by atoms with E-state index in [1.165, 1.54) is 18.2 Å². The zero-order chi connectivity index (χ0) is 26.5. The third kappa shape index (κ3) is 6.16. The molecular formula is C31H33F5O. The highest BCUT2D eigenvalue weighted by atomic mass is 19.2. The van der Waals surface area contributed by atoms with Crippen molar-refractivity contribution < 1.29 is 26.7 Å². The van der Waals surface area contributed by atoms with E-state index < -0.39 is 29.1 Å². The Morgan fingerprint density at radius 1 is 0.811 bits per heavy atom. The van der Waals surface area contributed by atoms with Crippen LogP contribution < -0.4 is 4.74 Å². The van der Waals surface area contributed by atoms with E-state index in [4.69, 9.17) is 4.74 Å². The molecule has 0 aliphatic heterocycles. The van der Waals surface area contributed by atoms with Gasteiger partial charge in [-0.05, 0) is 104 Å². The summed E-state index contributed by atoms with van der Waals surface area (Å²) in [5, 5.41) is 0. The molecule has 0 bridgehead atoms. The number of unbranched alkanes of at least 4 members (excludes halogenated alkanes) is 1. The number of hydrogen-bond donors (Lipinski definition) is 0. The number of aryl methyl sites for hydroxylation is 2. The van der Waals surface area contributed by atoms with Gasteiger partial charge in [0.05, 0.1) is 6.61 Å². The molecule has 0 radical (unpaired) electrons. The highest BCUT2D eigenvalue weighted by molar-refractivity contribution is 5.66. The van der Waals surface area contributed by atoms with Gasteiger partial charge in [0.1, 0.15) is 5.82 Å². The third-order valence-electron chi connectivity index (χ3n) is 7.58. The Hall–Kier alpha value is -2.89. The van der Waals surface area contributed by atoms with Crippen LogP contribution in [-0.2, 0) is 6.42 Å². The monoisotopic (exact) mass is 516 g/mol. The first-order valence-electron chi connectivity index (χ1n) is 13.1. The van der Waals surface area contributed by atoms with Crippen molar-refractivity contribution in [1.82, 2.24) is 0 Å². The minimum absolute atomic E-state index is 0.00530. The fraction of sp³-hybridized carbons (Fsp3) is 0.419. The molecule has 4 rings (SSSR count). The van der Waals surface area contributed by atoms with Gasteiger partial charge in [-0.3, -0.25) is 0 Å². The molecule has 0 spiro atoms. The number of halogens is 5. The van der Waals surface area contributed by atoms with Gasteiger partial charge < -0.3 is 4.74 Å². The third-order valence-corrected chi connectivity index (χ3v) is 7.58. The van der Waals surface area contributed by atoms with Gasteiger partial charge in [0.25, 0.3) is 0 Å². The lowest BCUT2D eigenvalue weighted by Gasteiger charge is -2.29. The molecule has 0 heterocycles. The van der Waals surface area contributed by atoms with Crippen molar-refractivity contribution in [2.45, 2.75) is 71.1 Å². The van der Waals surface area contributed by atoms with Crippen LogP contribution in [0.2, 0.25) is 0 Å². The first-order valence-corrected chi connectivity index (χ1v) is 13.1. The van der Waals surface area contributed by atoms with E-state index >= 15 is 4.39 Å². The Morgan fingerprint density at radius 2 is 1.57 bits per heavy atom. The van der Waals surface area contributed by atoms with Crippen LogP contribution >= 0.6 is 0 Å². The van der Waals surface area contributed by atoms with E-state index in [0.29, 0.717) is 35.6 Å². The van der Waals surface area contributed by atoms with Crippen molar-refractivity contribution in [2.75, 3.05) is 6.61 Å². The van der Waals surface area contributed by atoms with Gasteiger partial charge in [0.15, 0.2) is 23.2 Å². The SMILES string of the molecule is CCCCOc1ccc(-c2ccc(C3CCC(CCc4ccc(C)c(F)c4F)CC3)c(F)c2)c(F)c1F. The van der Waals surface area contributed by atoms with Crippen molar-refractivity contribution in [3.8, 4) is 16.9 Å². The molecule has 0 aromatic heterocycles. The minimum atomic E-state index is -1.07. The van der Waals surface area contributed by atoms with Gasteiger partial charge in [-0.15, -0.1) is 0 Å². The van der Waals surface area contributed by atoms with Crippen LogP contribution in [0.15, 0.2) is 42.5 Å². The maximum atomic E-state index is 15.1. The lowest BCUT2D eigenvalue weighted by Crippen LogP contribution is -2.15. The second-order valence-corrected chi connectivity index (χ2v) is 10.1. The topological polar surface area (TPSA) is 9.23 Å². The van der Waals surface area contributed by atoms with Crippen molar-refractivity contribution in [3.63, 3.8) is 0 Å². The normalized spacial score (nSPS) is 17.7. The van der Waals surface area contributed by atoms with Crippen LogP contribution in [0.1, 0.15) is 74.5 Å². The molecule has 0 atom stereocenters. The zero-order valence-corrected chi connectivity index (χ0v) is 21.4. The molecule has 1 aliphatic carbocycles. The summed E-state index contributed by atoms with van der Waals surface area (Å²) in [6, 6.07) is 10.6. The molecule has 1 fully saturated rings. The van der Waals surface area contributed by atoms with Gasteiger partial charge in [0, 0.05) is 5.56 Å². The number of rotatable bonds is 9. The van der Waals surface area contributed by atoms with Crippen molar-refractivity contribution in [3.05, 3.63) is 88.2 Å². The summed E-state index contributed by atoms with van der Waals surface area (Å²) in [5.74, 6) is -3.81. The van der Waals surface area contributed by atoms with Crippen LogP contribution in [0.4, 0.5) is 22.0 Å². The van der Waals surface area contributed by atoms with Gasteiger partial charge >= 0.3 is 0 Å². The van der Waals surface area contributed by atoms with Crippen LogP contribution in [0, 0.1) is 41.9 Å². The maximum Gasteiger partial charge on any atom is 0.201 e. The summed E-state index contributed by atoms with van der Waals surface area (Å²) < 4.78 is 77.6. The standard InChI is InChI=1S/C31H33F5O/c1-3-4-17-37-27-16-15-25(30(35)31(27)36)23-13-14-24(26(32)18-23)21-10-6-20(7-11-21)8-12-22-9-5-19(2)28(33)29(22)34/h5,9,13-16,18,20-21H,3-4,6-8,10-12,17H2,1-2H3. The van der Waals surface area contributed by atoms with E-state index in [2.05, 4.69) is 0 Å². The van der Waals surface area contributed by atoms with Crippen molar-refractivity contribution in [2.24, 2.45) is 5.92 Å². The summed E-state index contributed by atoms with van der Waals surface area (Å²) >= 11 is 0. The van der Waals surface area contributed by atoms with E-state index in [-0.39, 0.29) is 22.8 Å². The quantitative estimate of drug-likeness (QED) is 0.203. The molecule has 1 saturated carbocycles. The summed E-state index contributed by atoms with van der Waals surface area (Å²) in [5.41, 5.74) is 1.55. The first-order chi connectivity index (χ1) is 17.8. The maximum absolute atomic E-state index is 15.1. The Labute approximate surface area is 215 Å².